The summed E-state index contributed by atoms with van der Waals surface area (Å²) in [5.41, 5.74) is -0.864. The fourth-order valence-corrected chi connectivity index (χ4v) is 1.55. The van der Waals surface area contributed by atoms with Crippen LogP contribution < -0.4 is 5.32 Å². The van der Waals surface area contributed by atoms with Crippen molar-refractivity contribution in [2.24, 2.45) is 0 Å². The van der Waals surface area contributed by atoms with Crippen LogP contribution in [0.4, 0.5) is 0 Å². The molecule has 90 valence electrons. The first-order chi connectivity index (χ1) is 6.87. The lowest BCUT2D eigenvalue weighted by atomic mass is 10.0. The molecule has 0 aromatic carbocycles. The van der Waals surface area contributed by atoms with Gasteiger partial charge in [-0.1, -0.05) is 13.3 Å². The maximum atomic E-state index is 11.1. The van der Waals surface area contributed by atoms with Gasteiger partial charge in [-0.25, -0.2) is 0 Å². The molecule has 0 saturated carbocycles. The largest absolute Gasteiger partial charge is 0.480 e. The Morgan fingerprint density at radius 3 is 2.47 bits per heavy atom. The highest BCUT2D eigenvalue weighted by molar-refractivity contribution is 5.78. The Bertz CT molecular complexity index is 209. The number of rotatable bonds is 7. The molecule has 15 heavy (non-hydrogen) atoms. The van der Waals surface area contributed by atoms with Crippen molar-refractivity contribution in [2.45, 2.75) is 45.2 Å². The summed E-state index contributed by atoms with van der Waals surface area (Å²) in [4.78, 5) is 13.2. The maximum absolute atomic E-state index is 11.1. The van der Waals surface area contributed by atoms with Gasteiger partial charge in [0.05, 0.1) is 0 Å². The Hall–Kier alpha value is -0.610. The quantitative estimate of drug-likeness (QED) is 0.671. The summed E-state index contributed by atoms with van der Waals surface area (Å²) in [5.74, 6) is -0.805. The molecule has 2 atom stereocenters. The second kappa shape index (κ2) is 6.08. The summed E-state index contributed by atoms with van der Waals surface area (Å²) >= 11 is 0. The SMILES string of the molecule is CCCC(C)N(C)CC(C)(NC)C(=O)O. The summed E-state index contributed by atoms with van der Waals surface area (Å²) in [6, 6.07) is 0.419. The molecule has 0 fully saturated rings. The third-order valence-corrected chi connectivity index (χ3v) is 3.05. The summed E-state index contributed by atoms with van der Waals surface area (Å²) in [5, 5.41) is 12.0. The van der Waals surface area contributed by atoms with Crippen LogP contribution in [0.3, 0.4) is 0 Å². The summed E-state index contributed by atoms with van der Waals surface area (Å²) < 4.78 is 0. The predicted molar refractivity (Wildman–Crippen MR) is 62.1 cm³/mol. The van der Waals surface area contributed by atoms with Crippen LogP contribution in [0.15, 0.2) is 0 Å². The molecule has 0 amide bonds. The fourth-order valence-electron chi connectivity index (χ4n) is 1.55. The molecular weight excluding hydrogens is 192 g/mol. The molecule has 4 nitrogen and oxygen atoms in total. The van der Waals surface area contributed by atoms with Gasteiger partial charge in [-0.3, -0.25) is 4.79 Å². The van der Waals surface area contributed by atoms with Gasteiger partial charge in [0.25, 0.3) is 0 Å². The van der Waals surface area contributed by atoms with E-state index in [1.54, 1.807) is 14.0 Å². The normalized spacial score (nSPS) is 17.5. The van der Waals surface area contributed by atoms with E-state index >= 15 is 0 Å². The number of carboxylic acids is 1. The van der Waals surface area contributed by atoms with E-state index in [1.807, 2.05) is 7.05 Å². The molecule has 0 aliphatic carbocycles. The van der Waals surface area contributed by atoms with E-state index in [9.17, 15) is 4.79 Å². The van der Waals surface area contributed by atoms with Crippen LogP contribution in [0.2, 0.25) is 0 Å². The molecule has 0 heterocycles. The van der Waals surface area contributed by atoms with Crippen LogP contribution in [-0.4, -0.2) is 48.2 Å². The lowest BCUT2D eigenvalue weighted by Crippen LogP contribution is -2.56. The minimum absolute atomic E-state index is 0.419. The van der Waals surface area contributed by atoms with E-state index in [0.717, 1.165) is 12.8 Å². The smallest absolute Gasteiger partial charge is 0.324 e. The zero-order chi connectivity index (χ0) is 12.1. The van der Waals surface area contributed by atoms with Gasteiger partial charge in [0.1, 0.15) is 5.54 Å². The van der Waals surface area contributed by atoms with Crippen molar-refractivity contribution in [3.8, 4) is 0 Å². The van der Waals surface area contributed by atoms with E-state index in [0.29, 0.717) is 12.6 Å². The van der Waals surface area contributed by atoms with Gasteiger partial charge >= 0.3 is 5.97 Å². The van der Waals surface area contributed by atoms with Crippen LogP contribution in [0.25, 0.3) is 0 Å². The second-order valence-electron chi connectivity index (χ2n) is 4.44. The molecule has 0 aliphatic rings. The average Bonchev–Trinajstić information content (AvgIpc) is 2.17. The van der Waals surface area contributed by atoms with Crippen molar-refractivity contribution < 1.29 is 9.90 Å². The zero-order valence-electron chi connectivity index (χ0n) is 10.5. The monoisotopic (exact) mass is 216 g/mol. The van der Waals surface area contributed by atoms with Gasteiger partial charge in [0.15, 0.2) is 0 Å². The van der Waals surface area contributed by atoms with Crippen LogP contribution in [0.1, 0.15) is 33.6 Å². The van der Waals surface area contributed by atoms with Crippen molar-refractivity contribution in [3.05, 3.63) is 0 Å². The lowest BCUT2D eigenvalue weighted by Gasteiger charge is -2.33. The standard InChI is InChI=1S/C11H24N2O2/c1-6-7-9(2)13(5)8-11(3,12-4)10(14)15/h9,12H,6-8H2,1-5H3,(H,14,15). The minimum Gasteiger partial charge on any atom is -0.480 e. The second-order valence-corrected chi connectivity index (χ2v) is 4.44. The molecule has 0 aromatic rings. The zero-order valence-corrected chi connectivity index (χ0v) is 10.5. The fraction of sp³-hybridized carbons (Fsp3) is 0.909. The predicted octanol–water partition coefficient (Wildman–Crippen LogP) is 1.17. The topological polar surface area (TPSA) is 52.6 Å². The van der Waals surface area contributed by atoms with Gasteiger partial charge in [-0.15, -0.1) is 0 Å². The molecule has 0 bridgehead atoms. The molecule has 0 aromatic heterocycles. The van der Waals surface area contributed by atoms with Crippen molar-refractivity contribution in [3.63, 3.8) is 0 Å². The van der Waals surface area contributed by atoms with Gasteiger partial charge in [0, 0.05) is 12.6 Å². The summed E-state index contributed by atoms with van der Waals surface area (Å²) in [7, 11) is 3.66. The minimum atomic E-state index is -0.864. The maximum Gasteiger partial charge on any atom is 0.324 e. The van der Waals surface area contributed by atoms with Crippen molar-refractivity contribution in [1.29, 1.82) is 0 Å². The molecule has 0 aliphatic heterocycles. The molecular formula is C11H24N2O2. The van der Waals surface area contributed by atoms with Crippen LogP contribution in [0.5, 0.6) is 0 Å². The van der Waals surface area contributed by atoms with E-state index in [1.165, 1.54) is 0 Å². The Balaban J connectivity index is 4.35. The number of aliphatic carboxylic acids is 1. The Kier molecular flexibility index (Phi) is 5.83. The van der Waals surface area contributed by atoms with Gasteiger partial charge < -0.3 is 15.3 Å². The first-order valence-electron chi connectivity index (χ1n) is 5.50. The number of nitrogens with zero attached hydrogens (tertiary/aromatic N) is 1. The highest BCUT2D eigenvalue weighted by Crippen LogP contribution is 2.10. The van der Waals surface area contributed by atoms with Crippen molar-refractivity contribution in [1.82, 2.24) is 10.2 Å². The molecule has 0 saturated heterocycles. The number of nitrogens with one attached hydrogen (secondary N) is 1. The number of hydrogen-bond acceptors (Lipinski definition) is 3. The summed E-state index contributed by atoms with van der Waals surface area (Å²) in [6.45, 7) is 6.49. The van der Waals surface area contributed by atoms with Crippen LogP contribution in [0, 0.1) is 0 Å². The average molecular weight is 216 g/mol. The Labute approximate surface area is 92.7 Å². The summed E-state index contributed by atoms with van der Waals surface area (Å²) in [6.07, 6.45) is 2.21. The van der Waals surface area contributed by atoms with E-state index in [4.69, 9.17) is 5.11 Å². The van der Waals surface area contributed by atoms with Gasteiger partial charge in [-0.05, 0) is 34.4 Å². The van der Waals surface area contributed by atoms with Gasteiger partial charge in [-0.2, -0.15) is 0 Å². The van der Waals surface area contributed by atoms with E-state index < -0.39 is 11.5 Å². The van der Waals surface area contributed by atoms with Crippen molar-refractivity contribution >= 4 is 5.97 Å². The van der Waals surface area contributed by atoms with Crippen LogP contribution in [-0.2, 0) is 4.79 Å². The first-order valence-corrected chi connectivity index (χ1v) is 5.50. The van der Waals surface area contributed by atoms with Gasteiger partial charge in [0.2, 0.25) is 0 Å². The third-order valence-electron chi connectivity index (χ3n) is 3.05. The number of carboxylic acid groups (broad SMARTS) is 1. The molecule has 0 spiro atoms. The number of likely N-dealkylation sites (N-methyl/N-ethyl adjacent to an activating group) is 2. The van der Waals surface area contributed by atoms with E-state index in [2.05, 4.69) is 24.1 Å². The Morgan fingerprint density at radius 2 is 2.13 bits per heavy atom. The van der Waals surface area contributed by atoms with Crippen molar-refractivity contribution in [2.75, 3.05) is 20.6 Å². The molecule has 2 N–H and O–H groups in total. The first kappa shape index (κ1) is 14.4. The number of carbonyl (C=O) groups is 1. The highest BCUT2D eigenvalue weighted by atomic mass is 16.4. The molecule has 0 rings (SSSR count). The molecule has 2 unspecified atom stereocenters. The molecule has 0 radical (unpaired) electrons. The number of hydrogen-bond donors (Lipinski definition) is 2. The highest BCUT2D eigenvalue weighted by Gasteiger charge is 2.33. The third kappa shape index (κ3) is 4.18. The molecule has 4 heteroatoms. The Morgan fingerprint density at radius 1 is 1.60 bits per heavy atom. The van der Waals surface area contributed by atoms with Crippen LogP contribution >= 0.6 is 0 Å². The van der Waals surface area contributed by atoms with E-state index in [-0.39, 0.29) is 0 Å². The lowest BCUT2D eigenvalue weighted by molar-refractivity contribution is -0.144.